The monoisotopic (exact) mass is 233 g/mol. The number of rotatable bonds is 4. The van der Waals surface area contributed by atoms with Crippen LogP contribution in [0.2, 0.25) is 0 Å². The van der Waals surface area contributed by atoms with E-state index in [2.05, 4.69) is 43.4 Å². The number of hydrogen-bond acceptors (Lipinski definition) is 2. The van der Waals surface area contributed by atoms with Crippen molar-refractivity contribution in [3.63, 3.8) is 0 Å². The number of benzene rings is 1. The zero-order chi connectivity index (χ0) is 12.3. The number of aliphatic hydroxyl groups is 1. The molecule has 1 aromatic rings. The highest BCUT2D eigenvalue weighted by molar-refractivity contribution is 5.23. The van der Waals surface area contributed by atoms with E-state index in [1.807, 2.05) is 0 Å². The van der Waals surface area contributed by atoms with E-state index >= 15 is 0 Å². The lowest BCUT2D eigenvalue weighted by Crippen LogP contribution is -2.39. The van der Waals surface area contributed by atoms with E-state index in [1.165, 1.54) is 11.1 Å². The summed E-state index contributed by atoms with van der Waals surface area (Å²) in [5.41, 5.74) is 2.12. The Morgan fingerprint density at radius 1 is 1.24 bits per heavy atom. The van der Waals surface area contributed by atoms with Gasteiger partial charge in [0.25, 0.3) is 0 Å². The normalized spacial score (nSPS) is 20.4. The molecule has 0 saturated heterocycles. The highest BCUT2D eigenvalue weighted by Crippen LogP contribution is 2.29. The topological polar surface area (TPSA) is 32.3 Å². The minimum absolute atomic E-state index is 0.306. The molecule has 0 radical (unpaired) electrons. The van der Waals surface area contributed by atoms with Crippen molar-refractivity contribution in [3.8, 4) is 0 Å². The Kier molecular flexibility index (Phi) is 3.85. The predicted octanol–water partition coefficient (Wildman–Crippen LogP) is 2.95. The van der Waals surface area contributed by atoms with Crippen LogP contribution in [0.15, 0.2) is 24.3 Å². The number of nitrogens with one attached hydrogen (secondary N) is 1. The highest BCUT2D eigenvalue weighted by atomic mass is 16.3. The Labute approximate surface area is 104 Å². The Morgan fingerprint density at radius 3 is 2.41 bits per heavy atom. The maximum absolute atomic E-state index is 10.3. The first kappa shape index (κ1) is 12.6. The molecule has 17 heavy (non-hydrogen) atoms. The summed E-state index contributed by atoms with van der Waals surface area (Å²) in [6, 6.07) is 8.90. The van der Waals surface area contributed by atoms with Crippen LogP contribution in [0.4, 0.5) is 0 Å². The minimum Gasteiger partial charge on any atom is -0.389 e. The second-order valence-corrected chi connectivity index (χ2v) is 5.44. The van der Waals surface area contributed by atoms with Gasteiger partial charge in [0.15, 0.2) is 0 Å². The van der Waals surface area contributed by atoms with Gasteiger partial charge in [0.2, 0.25) is 0 Å². The van der Waals surface area contributed by atoms with Crippen LogP contribution in [-0.4, -0.2) is 17.3 Å². The molecule has 1 aromatic carbocycles. The first-order valence-corrected chi connectivity index (χ1v) is 6.61. The van der Waals surface area contributed by atoms with Gasteiger partial charge in [0.1, 0.15) is 0 Å². The zero-order valence-corrected chi connectivity index (χ0v) is 10.9. The van der Waals surface area contributed by atoms with Gasteiger partial charge in [0, 0.05) is 12.6 Å². The summed E-state index contributed by atoms with van der Waals surface area (Å²) in [6.07, 6.45) is 4.22. The van der Waals surface area contributed by atoms with Gasteiger partial charge in [-0.1, -0.05) is 42.7 Å². The fraction of sp³-hybridized carbons (Fsp3) is 0.600. The van der Waals surface area contributed by atoms with Gasteiger partial charge in [-0.15, -0.1) is 0 Å². The van der Waals surface area contributed by atoms with Crippen molar-refractivity contribution in [2.24, 2.45) is 0 Å². The molecular weight excluding hydrogens is 210 g/mol. The second-order valence-electron chi connectivity index (χ2n) is 5.44. The molecule has 1 aliphatic rings. The molecule has 0 aliphatic heterocycles. The lowest BCUT2D eigenvalue weighted by molar-refractivity contribution is 0.0453. The standard InChI is InChI=1S/C15H23NO/c1-12-5-7-14(8-6-12)13(2)16-11-15(17)9-3-4-10-15/h5-8,13,16-17H,3-4,9-11H2,1-2H3. The summed E-state index contributed by atoms with van der Waals surface area (Å²) in [4.78, 5) is 0. The predicted molar refractivity (Wildman–Crippen MR) is 71.0 cm³/mol. The van der Waals surface area contributed by atoms with Crippen LogP contribution in [0.1, 0.15) is 49.8 Å². The van der Waals surface area contributed by atoms with E-state index in [0.29, 0.717) is 12.6 Å². The molecule has 2 heteroatoms. The lowest BCUT2D eigenvalue weighted by atomic mass is 10.0. The molecule has 2 N–H and O–H groups in total. The van der Waals surface area contributed by atoms with Gasteiger partial charge in [-0.3, -0.25) is 0 Å². The molecule has 1 saturated carbocycles. The van der Waals surface area contributed by atoms with Crippen molar-refractivity contribution in [1.82, 2.24) is 5.32 Å². The molecule has 1 fully saturated rings. The molecule has 2 rings (SSSR count). The SMILES string of the molecule is Cc1ccc(C(C)NCC2(O)CCCC2)cc1. The molecule has 94 valence electrons. The van der Waals surface area contributed by atoms with E-state index in [1.54, 1.807) is 0 Å². The molecule has 0 bridgehead atoms. The summed E-state index contributed by atoms with van der Waals surface area (Å²) in [7, 11) is 0. The molecule has 1 atom stereocenters. The lowest BCUT2D eigenvalue weighted by Gasteiger charge is -2.25. The molecule has 1 unspecified atom stereocenters. The summed E-state index contributed by atoms with van der Waals surface area (Å²) in [5.74, 6) is 0. The number of aryl methyl sites for hydroxylation is 1. The van der Waals surface area contributed by atoms with E-state index in [4.69, 9.17) is 0 Å². The van der Waals surface area contributed by atoms with Crippen molar-refractivity contribution < 1.29 is 5.11 Å². The minimum atomic E-state index is -0.459. The van der Waals surface area contributed by atoms with Gasteiger partial charge < -0.3 is 10.4 Å². The fourth-order valence-electron chi connectivity index (χ4n) is 2.53. The van der Waals surface area contributed by atoms with Gasteiger partial charge in [-0.2, -0.15) is 0 Å². The Morgan fingerprint density at radius 2 is 1.82 bits per heavy atom. The van der Waals surface area contributed by atoms with Crippen molar-refractivity contribution in [1.29, 1.82) is 0 Å². The third kappa shape index (κ3) is 3.30. The van der Waals surface area contributed by atoms with Crippen molar-refractivity contribution >= 4 is 0 Å². The first-order valence-electron chi connectivity index (χ1n) is 6.61. The second kappa shape index (κ2) is 5.19. The highest BCUT2D eigenvalue weighted by Gasteiger charge is 2.30. The molecule has 0 heterocycles. The maximum atomic E-state index is 10.3. The molecule has 0 spiro atoms. The zero-order valence-electron chi connectivity index (χ0n) is 10.9. The Bertz CT molecular complexity index is 352. The van der Waals surface area contributed by atoms with E-state index in [-0.39, 0.29) is 0 Å². The van der Waals surface area contributed by atoms with Crippen LogP contribution >= 0.6 is 0 Å². The Hall–Kier alpha value is -0.860. The van der Waals surface area contributed by atoms with Gasteiger partial charge in [-0.25, -0.2) is 0 Å². The van der Waals surface area contributed by atoms with Crippen LogP contribution in [-0.2, 0) is 0 Å². The van der Waals surface area contributed by atoms with Crippen LogP contribution < -0.4 is 5.32 Å². The quantitative estimate of drug-likeness (QED) is 0.838. The summed E-state index contributed by atoms with van der Waals surface area (Å²) >= 11 is 0. The Balaban J connectivity index is 1.88. The molecule has 1 aliphatic carbocycles. The third-order valence-electron chi connectivity index (χ3n) is 3.85. The molecule has 0 aromatic heterocycles. The summed E-state index contributed by atoms with van der Waals surface area (Å²) in [5, 5.41) is 13.7. The smallest absolute Gasteiger partial charge is 0.0771 e. The van der Waals surface area contributed by atoms with Gasteiger partial charge in [0.05, 0.1) is 5.60 Å². The van der Waals surface area contributed by atoms with Crippen molar-refractivity contribution in [2.45, 2.75) is 51.2 Å². The van der Waals surface area contributed by atoms with Crippen molar-refractivity contribution in [3.05, 3.63) is 35.4 Å². The average Bonchev–Trinajstić information content (AvgIpc) is 2.75. The van der Waals surface area contributed by atoms with Crippen LogP contribution in [0.3, 0.4) is 0 Å². The molecule has 2 nitrogen and oxygen atoms in total. The summed E-state index contributed by atoms with van der Waals surface area (Å²) in [6.45, 7) is 4.97. The van der Waals surface area contributed by atoms with E-state index in [0.717, 1.165) is 25.7 Å². The van der Waals surface area contributed by atoms with Crippen LogP contribution in [0.25, 0.3) is 0 Å². The number of hydrogen-bond donors (Lipinski definition) is 2. The first-order chi connectivity index (χ1) is 8.09. The van der Waals surface area contributed by atoms with Crippen LogP contribution in [0.5, 0.6) is 0 Å². The van der Waals surface area contributed by atoms with Gasteiger partial charge in [-0.05, 0) is 32.3 Å². The average molecular weight is 233 g/mol. The largest absolute Gasteiger partial charge is 0.389 e. The van der Waals surface area contributed by atoms with E-state index < -0.39 is 5.60 Å². The van der Waals surface area contributed by atoms with Crippen molar-refractivity contribution in [2.75, 3.05) is 6.54 Å². The molecular formula is C15H23NO. The van der Waals surface area contributed by atoms with E-state index in [9.17, 15) is 5.11 Å². The third-order valence-corrected chi connectivity index (χ3v) is 3.85. The van der Waals surface area contributed by atoms with Crippen LogP contribution in [0, 0.1) is 6.92 Å². The summed E-state index contributed by atoms with van der Waals surface area (Å²) < 4.78 is 0. The van der Waals surface area contributed by atoms with Gasteiger partial charge >= 0.3 is 0 Å². The molecule has 0 amide bonds. The maximum Gasteiger partial charge on any atom is 0.0771 e. The fourth-order valence-corrected chi connectivity index (χ4v) is 2.53.